The van der Waals surface area contributed by atoms with E-state index in [0.29, 0.717) is 41.4 Å². The summed E-state index contributed by atoms with van der Waals surface area (Å²) in [4.78, 5) is 29.4. The largest absolute Gasteiger partial charge is 0.338 e. The average Bonchev–Trinajstić information content (AvgIpc) is 3.62. The van der Waals surface area contributed by atoms with Crippen molar-refractivity contribution in [1.82, 2.24) is 31.0 Å². The highest BCUT2D eigenvalue weighted by Crippen LogP contribution is 2.46. The van der Waals surface area contributed by atoms with E-state index in [9.17, 15) is 22.4 Å². The molecule has 1 heterocycles. The molecule has 1 fully saturated rings. The number of hydrogen-bond acceptors (Lipinski definition) is 5. The van der Waals surface area contributed by atoms with Gasteiger partial charge in [-0.25, -0.2) is 22.4 Å². The Morgan fingerprint density at radius 2 is 1.65 bits per heavy atom. The first-order valence-electron chi connectivity index (χ1n) is 12.8. The van der Waals surface area contributed by atoms with E-state index in [0.717, 1.165) is 18.5 Å². The van der Waals surface area contributed by atoms with Crippen LogP contribution in [0.3, 0.4) is 0 Å². The number of rotatable bonds is 9. The zero-order valence-corrected chi connectivity index (χ0v) is 22.3. The summed E-state index contributed by atoms with van der Waals surface area (Å²) in [6, 6.07) is 1.40. The fraction of sp³-hybridized carbons (Fsp3) is 0.560. The lowest BCUT2D eigenvalue weighted by Gasteiger charge is -2.20. The summed E-state index contributed by atoms with van der Waals surface area (Å²) in [7, 11) is -4.27. The smallest absolute Gasteiger partial charge is 0.315 e. The van der Waals surface area contributed by atoms with Gasteiger partial charge in [0.15, 0.2) is 6.30 Å². The van der Waals surface area contributed by atoms with Gasteiger partial charge in [0.25, 0.3) is 0 Å². The Hall–Kier alpha value is -2.99. The number of urea groups is 2. The van der Waals surface area contributed by atoms with Crippen molar-refractivity contribution in [3.8, 4) is 0 Å². The number of hydrogen-bond donors (Lipinski definition) is 5. The molecule has 202 valence electrons. The van der Waals surface area contributed by atoms with Gasteiger partial charge in [-0.05, 0) is 62.3 Å². The highest BCUT2D eigenvalue weighted by atomic mass is 32.2. The van der Waals surface area contributed by atoms with E-state index in [1.807, 2.05) is 0 Å². The first-order valence-corrected chi connectivity index (χ1v) is 14.3. The molecule has 3 atom stereocenters. The Balaban J connectivity index is 1.89. The zero-order chi connectivity index (χ0) is 26.9. The first kappa shape index (κ1) is 27.1. The van der Waals surface area contributed by atoms with Crippen molar-refractivity contribution in [2.24, 2.45) is 5.92 Å². The molecule has 0 spiro atoms. The molecule has 2 aliphatic carbocycles. The van der Waals surface area contributed by atoms with Crippen LogP contribution in [0.5, 0.6) is 0 Å². The van der Waals surface area contributed by atoms with E-state index < -0.39 is 40.4 Å². The number of halogens is 1. The third kappa shape index (κ3) is 5.80. The third-order valence-electron chi connectivity index (χ3n) is 6.70. The van der Waals surface area contributed by atoms with Crippen LogP contribution in [0.2, 0.25) is 0 Å². The number of alkyl halides is 1. The Bertz CT molecular complexity index is 1300. The molecule has 1 aromatic carbocycles. The minimum atomic E-state index is -4.27. The van der Waals surface area contributed by atoms with Gasteiger partial charge >= 0.3 is 12.1 Å². The standard InChI is InChI=1S/C25H35FN6O4S/c1-5-27-24(33)30-19-11-20(31-25(34)28-6-2)22-16(19)10-21(37(35,36)32-23(26)13(3)4)15-9-18(14-7-8-14)29-12-17(15)22/h9-10,12-14,19-20,23,32H,5-8,11H2,1-4H3,(H2,27,30,33)(H2,28,31,34)/t19-,20+,23?/m1/s1. The van der Waals surface area contributed by atoms with Crippen molar-refractivity contribution in [3.63, 3.8) is 0 Å². The highest BCUT2D eigenvalue weighted by molar-refractivity contribution is 7.89. The van der Waals surface area contributed by atoms with Crippen LogP contribution in [0.15, 0.2) is 23.2 Å². The number of nitrogens with zero attached hydrogens (tertiary/aromatic N) is 1. The summed E-state index contributed by atoms with van der Waals surface area (Å²) in [5, 5.41) is 12.2. The molecule has 37 heavy (non-hydrogen) atoms. The molecule has 2 aliphatic rings. The summed E-state index contributed by atoms with van der Waals surface area (Å²) >= 11 is 0. The fourth-order valence-electron chi connectivity index (χ4n) is 4.68. The number of amides is 4. The lowest BCUT2D eigenvalue weighted by atomic mass is 9.98. The summed E-state index contributed by atoms with van der Waals surface area (Å²) in [5.41, 5.74) is 2.02. The molecule has 2 aromatic rings. The van der Waals surface area contributed by atoms with E-state index in [4.69, 9.17) is 0 Å². The summed E-state index contributed by atoms with van der Waals surface area (Å²) in [5.74, 6) is -0.292. The van der Waals surface area contributed by atoms with E-state index >= 15 is 0 Å². The van der Waals surface area contributed by atoms with Crippen LogP contribution in [-0.4, -0.2) is 44.8 Å². The molecular formula is C25H35FN6O4S. The Labute approximate surface area is 216 Å². The third-order valence-corrected chi connectivity index (χ3v) is 8.15. The number of carbonyl (C=O) groups is 2. The van der Waals surface area contributed by atoms with E-state index in [1.165, 1.54) is 6.07 Å². The van der Waals surface area contributed by atoms with Crippen LogP contribution < -0.4 is 26.0 Å². The highest BCUT2D eigenvalue weighted by Gasteiger charge is 2.38. The van der Waals surface area contributed by atoms with Gasteiger partial charge < -0.3 is 21.3 Å². The number of sulfonamides is 1. The second-order valence-corrected chi connectivity index (χ2v) is 11.6. The number of carbonyl (C=O) groups excluding carboxylic acids is 2. The molecule has 0 saturated heterocycles. The van der Waals surface area contributed by atoms with Crippen molar-refractivity contribution in [1.29, 1.82) is 0 Å². The first-order chi connectivity index (χ1) is 17.6. The maximum Gasteiger partial charge on any atom is 0.315 e. The molecular weight excluding hydrogens is 499 g/mol. The molecule has 4 amide bonds. The van der Waals surface area contributed by atoms with Gasteiger partial charge in [0, 0.05) is 41.7 Å². The van der Waals surface area contributed by atoms with E-state index in [2.05, 4.69) is 31.0 Å². The maximum absolute atomic E-state index is 14.6. The number of pyridine rings is 1. The molecule has 10 nitrogen and oxygen atoms in total. The van der Waals surface area contributed by atoms with Gasteiger partial charge in [-0.1, -0.05) is 13.8 Å². The molecule has 5 N–H and O–H groups in total. The van der Waals surface area contributed by atoms with Gasteiger partial charge in [0.2, 0.25) is 10.0 Å². The van der Waals surface area contributed by atoms with Gasteiger partial charge in [-0.15, -0.1) is 0 Å². The van der Waals surface area contributed by atoms with Gasteiger partial charge in [0.05, 0.1) is 17.0 Å². The topological polar surface area (TPSA) is 141 Å². The van der Waals surface area contributed by atoms with E-state index in [1.54, 1.807) is 40.0 Å². The molecule has 4 rings (SSSR count). The number of aromatic nitrogens is 1. The summed E-state index contributed by atoms with van der Waals surface area (Å²) in [6.07, 6.45) is 2.14. The van der Waals surface area contributed by atoms with Crippen LogP contribution in [0.1, 0.15) is 81.8 Å². The molecule has 12 heteroatoms. The van der Waals surface area contributed by atoms with Crippen molar-refractivity contribution >= 4 is 32.9 Å². The number of benzene rings is 1. The summed E-state index contributed by atoms with van der Waals surface area (Å²) < 4.78 is 43.7. The molecule has 1 unspecified atom stereocenters. The van der Waals surface area contributed by atoms with Crippen LogP contribution in [0, 0.1) is 5.92 Å². The quantitative estimate of drug-likeness (QED) is 0.313. The second-order valence-electron chi connectivity index (χ2n) is 9.92. The van der Waals surface area contributed by atoms with Gasteiger partial charge in [-0.3, -0.25) is 4.98 Å². The van der Waals surface area contributed by atoms with Gasteiger partial charge in [0.1, 0.15) is 0 Å². The number of fused-ring (bicyclic) bond motifs is 3. The second kappa shape index (κ2) is 10.8. The maximum atomic E-state index is 14.6. The van der Waals surface area contributed by atoms with Crippen LogP contribution >= 0.6 is 0 Å². The lowest BCUT2D eigenvalue weighted by molar-refractivity contribution is 0.234. The Morgan fingerprint density at radius 1 is 1.03 bits per heavy atom. The Morgan fingerprint density at radius 3 is 2.22 bits per heavy atom. The fourth-order valence-corrected chi connectivity index (χ4v) is 6.12. The predicted octanol–water partition coefficient (Wildman–Crippen LogP) is 3.47. The monoisotopic (exact) mass is 534 g/mol. The number of nitrogens with one attached hydrogen (secondary N) is 5. The van der Waals surface area contributed by atoms with Gasteiger partial charge in [-0.2, -0.15) is 4.72 Å². The lowest BCUT2D eigenvalue weighted by Crippen LogP contribution is -2.39. The summed E-state index contributed by atoms with van der Waals surface area (Å²) in [6.45, 7) is 7.62. The van der Waals surface area contributed by atoms with Crippen LogP contribution in [0.25, 0.3) is 10.8 Å². The van der Waals surface area contributed by atoms with E-state index in [-0.39, 0.29) is 16.8 Å². The minimum Gasteiger partial charge on any atom is -0.338 e. The average molecular weight is 535 g/mol. The van der Waals surface area contributed by atoms with Crippen molar-refractivity contribution in [3.05, 3.63) is 35.2 Å². The van der Waals surface area contributed by atoms with Crippen molar-refractivity contribution in [2.75, 3.05) is 13.1 Å². The molecule has 1 saturated carbocycles. The normalized spacial score (nSPS) is 19.9. The van der Waals surface area contributed by atoms with Crippen molar-refractivity contribution < 1.29 is 22.4 Å². The molecule has 1 aromatic heterocycles. The molecule has 0 radical (unpaired) electrons. The Kier molecular flexibility index (Phi) is 7.88. The molecule has 0 bridgehead atoms. The minimum absolute atomic E-state index is 0.0739. The van der Waals surface area contributed by atoms with Crippen molar-refractivity contribution in [2.45, 2.75) is 76.2 Å². The SMILES string of the molecule is CCNC(=O)N[C@H]1C[C@@H](NC(=O)NCC)c2cc(S(=O)(=O)NC(F)C(C)C)c3cc(C4CC4)ncc3c21. The zero-order valence-electron chi connectivity index (χ0n) is 21.5. The predicted molar refractivity (Wildman–Crippen MR) is 138 cm³/mol. The molecule has 0 aliphatic heterocycles. The van der Waals surface area contributed by atoms with Crippen LogP contribution in [-0.2, 0) is 10.0 Å². The van der Waals surface area contributed by atoms with Crippen LogP contribution in [0.4, 0.5) is 14.0 Å².